The molecule has 0 aromatic heterocycles. The van der Waals surface area contributed by atoms with Gasteiger partial charge >= 0.3 is 0 Å². The molecule has 1 atom stereocenters. The lowest BCUT2D eigenvalue weighted by Crippen LogP contribution is -2.33. The van der Waals surface area contributed by atoms with Crippen molar-refractivity contribution < 1.29 is 0 Å². The summed E-state index contributed by atoms with van der Waals surface area (Å²) in [5.41, 5.74) is 4.14. The Morgan fingerprint density at radius 2 is 0.958 bits per heavy atom. The van der Waals surface area contributed by atoms with E-state index in [-0.39, 0.29) is 0 Å². The predicted molar refractivity (Wildman–Crippen MR) is 102 cm³/mol. The SMILES string of the molecule is CC(Cc1ccccc1)N(Cc1ccccc1)Cc1ccccc1. The maximum Gasteiger partial charge on any atom is 0.0240 e. The number of hydrogen-bond acceptors (Lipinski definition) is 1. The van der Waals surface area contributed by atoms with Crippen LogP contribution in [-0.4, -0.2) is 10.9 Å². The summed E-state index contributed by atoms with van der Waals surface area (Å²) in [4.78, 5) is 2.57. The van der Waals surface area contributed by atoms with E-state index in [1.807, 2.05) is 0 Å². The van der Waals surface area contributed by atoms with Gasteiger partial charge in [-0.3, -0.25) is 4.90 Å². The molecule has 3 aromatic carbocycles. The Kier molecular flexibility index (Phi) is 5.81. The van der Waals surface area contributed by atoms with Gasteiger partial charge in [0.15, 0.2) is 0 Å². The highest BCUT2D eigenvalue weighted by Crippen LogP contribution is 2.16. The van der Waals surface area contributed by atoms with E-state index in [9.17, 15) is 0 Å². The highest BCUT2D eigenvalue weighted by atomic mass is 15.1. The highest BCUT2D eigenvalue weighted by Gasteiger charge is 2.15. The van der Waals surface area contributed by atoms with E-state index >= 15 is 0 Å². The van der Waals surface area contributed by atoms with Crippen molar-refractivity contribution in [1.82, 2.24) is 4.90 Å². The van der Waals surface area contributed by atoms with Crippen LogP contribution < -0.4 is 0 Å². The van der Waals surface area contributed by atoms with E-state index in [0.717, 1.165) is 19.5 Å². The highest BCUT2D eigenvalue weighted by molar-refractivity contribution is 5.19. The minimum atomic E-state index is 0.479. The van der Waals surface area contributed by atoms with Crippen molar-refractivity contribution in [2.45, 2.75) is 32.5 Å². The second-order valence-corrected chi connectivity index (χ2v) is 6.41. The first-order valence-electron chi connectivity index (χ1n) is 8.67. The maximum absolute atomic E-state index is 2.57. The van der Waals surface area contributed by atoms with Gasteiger partial charge in [0.25, 0.3) is 0 Å². The van der Waals surface area contributed by atoms with E-state index in [2.05, 4.69) is 103 Å². The molecule has 0 saturated carbocycles. The molecule has 0 saturated heterocycles. The van der Waals surface area contributed by atoms with Gasteiger partial charge in [0.1, 0.15) is 0 Å². The van der Waals surface area contributed by atoms with Gasteiger partial charge in [-0.15, -0.1) is 0 Å². The van der Waals surface area contributed by atoms with Crippen LogP contribution in [0.2, 0.25) is 0 Å². The van der Waals surface area contributed by atoms with Crippen molar-refractivity contribution in [2.24, 2.45) is 0 Å². The molecule has 3 aromatic rings. The smallest absolute Gasteiger partial charge is 0.0240 e. The fraction of sp³-hybridized carbons (Fsp3) is 0.217. The average molecular weight is 315 g/mol. The number of nitrogens with zero attached hydrogens (tertiary/aromatic N) is 1. The van der Waals surface area contributed by atoms with Crippen molar-refractivity contribution in [3.63, 3.8) is 0 Å². The Morgan fingerprint density at radius 3 is 1.38 bits per heavy atom. The first kappa shape index (κ1) is 16.5. The first-order chi connectivity index (χ1) is 11.8. The van der Waals surface area contributed by atoms with E-state index < -0.39 is 0 Å². The lowest BCUT2D eigenvalue weighted by molar-refractivity contribution is 0.189. The molecule has 3 rings (SSSR count). The maximum atomic E-state index is 2.57. The van der Waals surface area contributed by atoms with Gasteiger partial charge < -0.3 is 0 Å². The molecule has 0 heterocycles. The number of benzene rings is 3. The van der Waals surface area contributed by atoms with Gasteiger partial charge in [-0.1, -0.05) is 91.0 Å². The van der Waals surface area contributed by atoms with Crippen molar-refractivity contribution in [2.75, 3.05) is 0 Å². The third-order valence-corrected chi connectivity index (χ3v) is 4.45. The van der Waals surface area contributed by atoms with Crippen LogP contribution in [0.4, 0.5) is 0 Å². The van der Waals surface area contributed by atoms with E-state index in [0.29, 0.717) is 6.04 Å². The van der Waals surface area contributed by atoms with Crippen LogP contribution in [0.15, 0.2) is 91.0 Å². The Balaban J connectivity index is 1.75. The molecule has 122 valence electrons. The van der Waals surface area contributed by atoms with E-state index in [1.165, 1.54) is 16.7 Å². The molecule has 0 bridgehead atoms. The van der Waals surface area contributed by atoms with Gasteiger partial charge in [0.2, 0.25) is 0 Å². The molecule has 0 aliphatic carbocycles. The van der Waals surface area contributed by atoms with E-state index in [1.54, 1.807) is 0 Å². The van der Waals surface area contributed by atoms with Crippen LogP contribution in [-0.2, 0) is 19.5 Å². The fourth-order valence-corrected chi connectivity index (χ4v) is 3.09. The van der Waals surface area contributed by atoms with Crippen molar-refractivity contribution in [3.05, 3.63) is 108 Å². The zero-order valence-corrected chi connectivity index (χ0v) is 14.3. The average Bonchev–Trinajstić information content (AvgIpc) is 2.64. The molecule has 0 fully saturated rings. The minimum absolute atomic E-state index is 0.479. The summed E-state index contributed by atoms with van der Waals surface area (Å²) in [5, 5.41) is 0. The Labute approximate surface area is 145 Å². The van der Waals surface area contributed by atoms with Gasteiger partial charge in [0.05, 0.1) is 0 Å². The molecule has 0 aliphatic rings. The summed E-state index contributed by atoms with van der Waals surface area (Å²) in [6, 6.07) is 32.8. The molecular formula is C23H25N. The summed E-state index contributed by atoms with van der Waals surface area (Å²) in [6.45, 7) is 4.28. The topological polar surface area (TPSA) is 3.24 Å². The molecule has 1 nitrogen and oxygen atoms in total. The van der Waals surface area contributed by atoms with Crippen molar-refractivity contribution in [3.8, 4) is 0 Å². The van der Waals surface area contributed by atoms with Crippen LogP contribution in [0.25, 0.3) is 0 Å². The first-order valence-corrected chi connectivity index (χ1v) is 8.67. The summed E-state index contributed by atoms with van der Waals surface area (Å²) in [6.07, 6.45) is 1.07. The predicted octanol–water partition coefficient (Wildman–Crippen LogP) is 5.32. The van der Waals surface area contributed by atoms with Crippen LogP contribution in [0.1, 0.15) is 23.6 Å². The summed E-state index contributed by atoms with van der Waals surface area (Å²) < 4.78 is 0. The minimum Gasteiger partial charge on any atom is -0.292 e. The summed E-state index contributed by atoms with van der Waals surface area (Å²) >= 11 is 0. The molecule has 24 heavy (non-hydrogen) atoms. The normalized spacial score (nSPS) is 12.2. The third kappa shape index (κ3) is 4.81. The molecule has 0 radical (unpaired) electrons. The Hall–Kier alpha value is -2.38. The number of rotatable bonds is 7. The van der Waals surface area contributed by atoms with Crippen LogP contribution in [0, 0.1) is 0 Å². The summed E-state index contributed by atoms with van der Waals surface area (Å²) in [5.74, 6) is 0. The summed E-state index contributed by atoms with van der Waals surface area (Å²) in [7, 11) is 0. The zero-order chi connectivity index (χ0) is 16.6. The Bertz CT molecular complexity index is 665. The van der Waals surface area contributed by atoms with Crippen molar-refractivity contribution >= 4 is 0 Å². The zero-order valence-electron chi connectivity index (χ0n) is 14.3. The molecule has 0 spiro atoms. The lowest BCUT2D eigenvalue weighted by atomic mass is 10.0. The van der Waals surface area contributed by atoms with Gasteiger partial charge in [-0.05, 0) is 30.0 Å². The molecule has 1 unspecified atom stereocenters. The van der Waals surface area contributed by atoms with Crippen LogP contribution in [0.5, 0.6) is 0 Å². The quantitative estimate of drug-likeness (QED) is 0.570. The lowest BCUT2D eigenvalue weighted by Gasteiger charge is -2.29. The molecule has 0 amide bonds. The molecule has 1 heteroatoms. The van der Waals surface area contributed by atoms with Gasteiger partial charge in [0, 0.05) is 19.1 Å². The van der Waals surface area contributed by atoms with Gasteiger partial charge in [-0.25, -0.2) is 0 Å². The standard InChI is InChI=1S/C23H25N/c1-20(17-21-11-5-2-6-12-21)24(18-22-13-7-3-8-14-22)19-23-15-9-4-10-16-23/h2-16,20H,17-19H2,1H3. The fourth-order valence-electron chi connectivity index (χ4n) is 3.09. The molecular weight excluding hydrogens is 290 g/mol. The van der Waals surface area contributed by atoms with Gasteiger partial charge in [-0.2, -0.15) is 0 Å². The second-order valence-electron chi connectivity index (χ2n) is 6.41. The largest absolute Gasteiger partial charge is 0.292 e. The molecule has 0 aliphatic heterocycles. The third-order valence-electron chi connectivity index (χ3n) is 4.45. The van der Waals surface area contributed by atoms with Crippen molar-refractivity contribution in [1.29, 1.82) is 0 Å². The van der Waals surface area contributed by atoms with Crippen LogP contribution in [0.3, 0.4) is 0 Å². The monoisotopic (exact) mass is 315 g/mol. The second kappa shape index (κ2) is 8.47. The van der Waals surface area contributed by atoms with E-state index in [4.69, 9.17) is 0 Å². The van der Waals surface area contributed by atoms with Crippen LogP contribution >= 0.6 is 0 Å². The Morgan fingerprint density at radius 1 is 0.583 bits per heavy atom. The number of hydrogen-bond donors (Lipinski definition) is 0. The molecule has 0 N–H and O–H groups in total.